The molecule has 0 spiro atoms. The Morgan fingerprint density at radius 2 is 1.90 bits per heavy atom. The summed E-state index contributed by atoms with van der Waals surface area (Å²) in [6, 6.07) is 14.7. The van der Waals surface area contributed by atoms with Crippen molar-refractivity contribution in [3.05, 3.63) is 59.7 Å². The number of carbonyl (C=O) groups excluding carboxylic acids is 1. The van der Waals surface area contributed by atoms with Crippen LogP contribution in [-0.4, -0.2) is 19.2 Å². The minimum absolute atomic E-state index is 0.185. The Labute approximate surface area is 127 Å². The van der Waals surface area contributed by atoms with Crippen molar-refractivity contribution in [2.45, 2.75) is 5.38 Å². The average Bonchev–Trinajstić information content (AvgIpc) is 3.00. The average molecular weight is 304 g/mol. The number of fused-ring (bicyclic) bond motifs is 1. The van der Waals surface area contributed by atoms with E-state index in [4.69, 9.17) is 21.1 Å². The number of hydrogen-bond acceptors (Lipinski definition) is 3. The third-order valence-corrected chi connectivity index (χ3v) is 3.64. The number of halogens is 1. The van der Waals surface area contributed by atoms with E-state index in [0.717, 1.165) is 5.56 Å². The molecule has 21 heavy (non-hydrogen) atoms. The van der Waals surface area contributed by atoms with Crippen LogP contribution in [0.3, 0.4) is 0 Å². The lowest BCUT2D eigenvalue weighted by Crippen LogP contribution is -2.26. The van der Waals surface area contributed by atoms with Gasteiger partial charge in [-0.3, -0.25) is 4.79 Å². The number of alkyl halides is 1. The maximum Gasteiger partial charge on any atom is 0.251 e. The number of carbonyl (C=O) groups is 1. The summed E-state index contributed by atoms with van der Waals surface area (Å²) in [5.74, 6) is 1.06. The van der Waals surface area contributed by atoms with Crippen LogP contribution in [0.25, 0.3) is 0 Å². The van der Waals surface area contributed by atoms with Crippen molar-refractivity contribution in [2.24, 2.45) is 0 Å². The minimum atomic E-state index is -0.260. The zero-order valence-electron chi connectivity index (χ0n) is 11.2. The summed E-state index contributed by atoms with van der Waals surface area (Å²) >= 11 is 6.27. The Hall–Kier alpha value is -2.20. The van der Waals surface area contributed by atoms with Crippen molar-refractivity contribution in [1.82, 2.24) is 5.32 Å². The van der Waals surface area contributed by atoms with Crippen molar-refractivity contribution in [3.8, 4) is 11.5 Å². The van der Waals surface area contributed by atoms with E-state index in [-0.39, 0.29) is 18.1 Å². The van der Waals surface area contributed by atoms with Crippen LogP contribution in [0.2, 0.25) is 0 Å². The number of amides is 1. The highest BCUT2D eigenvalue weighted by Crippen LogP contribution is 2.32. The summed E-state index contributed by atoms with van der Waals surface area (Å²) in [6.45, 7) is 0.553. The van der Waals surface area contributed by atoms with Crippen LogP contribution in [-0.2, 0) is 0 Å². The number of rotatable bonds is 4. The molecular formula is C16H14ClNO3. The predicted molar refractivity (Wildman–Crippen MR) is 79.9 cm³/mol. The molecule has 108 valence electrons. The van der Waals surface area contributed by atoms with Gasteiger partial charge in [0.05, 0.1) is 5.38 Å². The van der Waals surface area contributed by atoms with E-state index >= 15 is 0 Å². The standard InChI is InChI=1S/C16H14ClNO3/c17-13(11-4-2-1-3-5-11)9-18-16(19)12-6-7-14-15(8-12)21-10-20-14/h1-8,13H,9-10H2,(H,18,19). The fourth-order valence-electron chi connectivity index (χ4n) is 2.10. The van der Waals surface area contributed by atoms with Gasteiger partial charge in [-0.25, -0.2) is 0 Å². The van der Waals surface area contributed by atoms with Crippen molar-refractivity contribution in [1.29, 1.82) is 0 Å². The Bertz CT molecular complexity index is 645. The lowest BCUT2D eigenvalue weighted by atomic mass is 10.1. The van der Waals surface area contributed by atoms with Gasteiger partial charge in [0.2, 0.25) is 6.79 Å². The minimum Gasteiger partial charge on any atom is -0.454 e. The van der Waals surface area contributed by atoms with E-state index < -0.39 is 0 Å². The Morgan fingerprint density at radius 3 is 2.71 bits per heavy atom. The van der Waals surface area contributed by atoms with Crippen LogP contribution in [0.4, 0.5) is 0 Å². The maximum atomic E-state index is 12.1. The van der Waals surface area contributed by atoms with E-state index in [2.05, 4.69) is 5.32 Å². The molecule has 1 unspecified atom stereocenters. The third-order valence-electron chi connectivity index (χ3n) is 3.24. The highest BCUT2D eigenvalue weighted by atomic mass is 35.5. The molecule has 1 amide bonds. The molecule has 0 aliphatic carbocycles. The second-order valence-electron chi connectivity index (χ2n) is 4.66. The highest BCUT2D eigenvalue weighted by molar-refractivity contribution is 6.21. The molecule has 1 heterocycles. The second-order valence-corrected chi connectivity index (χ2v) is 5.18. The van der Waals surface area contributed by atoms with Gasteiger partial charge in [0, 0.05) is 12.1 Å². The molecule has 2 aromatic carbocycles. The lowest BCUT2D eigenvalue weighted by molar-refractivity contribution is 0.0953. The van der Waals surface area contributed by atoms with Gasteiger partial charge >= 0.3 is 0 Å². The van der Waals surface area contributed by atoms with Crippen LogP contribution >= 0.6 is 11.6 Å². The van der Waals surface area contributed by atoms with Crippen LogP contribution in [0.5, 0.6) is 11.5 Å². The van der Waals surface area contributed by atoms with Crippen molar-refractivity contribution < 1.29 is 14.3 Å². The van der Waals surface area contributed by atoms with E-state index in [9.17, 15) is 4.79 Å². The molecular weight excluding hydrogens is 290 g/mol. The second kappa shape index (κ2) is 6.06. The SMILES string of the molecule is O=C(NCC(Cl)c1ccccc1)c1ccc2c(c1)OCO2. The summed E-state index contributed by atoms with van der Waals surface area (Å²) in [4.78, 5) is 12.1. The van der Waals surface area contributed by atoms with Crippen molar-refractivity contribution >= 4 is 17.5 Å². The number of nitrogens with one attached hydrogen (secondary N) is 1. The summed E-state index contributed by atoms with van der Waals surface area (Å²) in [5, 5.41) is 2.56. The molecule has 1 N–H and O–H groups in total. The molecule has 0 radical (unpaired) electrons. The summed E-state index contributed by atoms with van der Waals surface area (Å²) in [7, 11) is 0. The maximum absolute atomic E-state index is 12.1. The van der Waals surface area contributed by atoms with Gasteiger partial charge in [-0.1, -0.05) is 30.3 Å². The first-order valence-electron chi connectivity index (χ1n) is 6.61. The molecule has 0 saturated carbocycles. The van der Waals surface area contributed by atoms with Crippen LogP contribution < -0.4 is 14.8 Å². The zero-order valence-corrected chi connectivity index (χ0v) is 12.0. The molecule has 3 rings (SSSR count). The summed E-state index contributed by atoms with van der Waals surface area (Å²) in [6.07, 6.45) is 0. The predicted octanol–water partition coefficient (Wildman–Crippen LogP) is 3.13. The Kier molecular flexibility index (Phi) is 3.97. The number of hydrogen-bond donors (Lipinski definition) is 1. The van der Waals surface area contributed by atoms with Gasteiger partial charge in [-0.2, -0.15) is 0 Å². The van der Waals surface area contributed by atoms with Gasteiger partial charge in [-0.15, -0.1) is 11.6 Å². The third kappa shape index (κ3) is 3.11. The molecule has 4 nitrogen and oxygen atoms in total. The van der Waals surface area contributed by atoms with Gasteiger partial charge in [0.1, 0.15) is 0 Å². The largest absolute Gasteiger partial charge is 0.454 e. The zero-order chi connectivity index (χ0) is 14.7. The Balaban J connectivity index is 1.62. The highest BCUT2D eigenvalue weighted by Gasteiger charge is 2.17. The smallest absolute Gasteiger partial charge is 0.251 e. The molecule has 2 aromatic rings. The van der Waals surface area contributed by atoms with Crippen LogP contribution in [0.15, 0.2) is 48.5 Å². The first-order chi connectivity index (χ1) is 10.2. The summed E-state index contributed by atoms with van der Waals surface area (Å²) in [5.41, 5.74) is 1.50. The lowest BCUT2D eigenvalue weighted by Gasteiger charge is -2.11. The molecule has 1 aliphatic heterocycles. The normalized spacial score (nSPS) is 13.8. The van der Waals surface area contributed by atoms with Gasteiger partial charge in [-0.05, 0) is 23.8 Å². The first-order valence-corrected chi connectivity index (χ1v) is 7.04. The molecule has 5 heteroatoms. The number of ether oxygens (including phenoxy) is 2. The van der Waals surface area contributed by atoms with Gasteiger partial charge in [0.25, 0.3) is 5.91 Å². The molecule has 0 aromatic heterocycles. The molecule has 1 aliphatic rings. The van der Waals surface area contributed by atoms with E-state index in [1.54, 1.807) is 18.2 Å². The van der Waals surface area contributed by atoms with Crippen LogP contribution in [0.1, 0.15) is 21.3 Å². The van der Waals surface area contributed by atoms with Gasteiger partial charge in [0.15, 0.2) is 11.5 Å². The van der Waals surface area contributed by atoms with Crippen LogP contribution in [0, 0.1) is 0 Å². The molecule has 0 bridgehead atoms. The number of benzene rings is 2. The fourth-order valence-corrected chi connectivity index (χ4v) is 2.32. The quantitative estimate of drug-likeness (QED) is 0.883. The van der Waals surface area contributed by atoms with Crippen molar-refractivity contribution in [3.63, 3.8) is 0 Å². The van der Waals surface area contributed by atoms with E-state index in [1.165, 1.54) is 0 Å². The summed E-state index contributed by atoms with van der Waals surface area (Å²) < 4.78 is 10.5. The van der Waals surface area contributed by atoms with E-state index in [1.807, 2.05) is 30.3 Å². The van der Waals surface area contributed by atoms with Gasteiger partial charge < -0.3 is 14.8 Å². The Morgan fingerprint density at radius 1 is 1.14 bits per heavy atom. The van der Waals surface area contributed by atoms with E-state index in [0.29, 0.717) is 23.6 Å². The first kappa shape index (κ1) is 13.8. The molecule has 0 fully saturated rings. The topological polar surface area (TPSA) is 47.6 Å². The molecule has 1 atom stereocenters. The fraction of sp³-hybridized carbons (Fsp3) is 0.188. The monoisotopic (exact) mass is 303 g/mol. The van der Waals surface area contributed by atoms with Crippen molar-refractivity contribution in [2.75, 3.05) is 13.3 Å². The molecule has 0 saturated heterocycles.